The number of nitriles is 3. The van der Waals surface area contributed by atoms with Crippen LogP contribution in [-0.2, 0) is 0 Å². The molecule has 0 aromatic rings. The van der Waals surface area contributed by atoms with Gasteiger partial charge in [-0.25, -0.2) is 0 Å². The van der Waals surface area contributed by atoms with E-state index in [1.54, 1.807) is 0 Å². The third kappa shape index (κ3) is 6.91. The molecule has 0 aliphatic rings. The minimum Gasteiger partial charge on any atom is -0.198 e. The first-order valence-electron chi connectivity index (χ1n) is 4.46. The van der Waals surface area contributed by atoms with Crippen LogP contribution in [0.3, 0.4) is 0 Å². The van der Waals surface area contributed by atoms with Gasteiger partial charge < -0.3 is 0 Å². The van der Waals surface area contributed by atoms with Gasteiger partial charge in [-0.2, -0.15) is 15.8 Å². The van der Waals surface area contributed by atoms with E-state index in [9.17, 15) is 0 Å². The zero-order valence-electron chi connectivity index (χ0n) is 7.66. The molecular formula is C9H12BN3. The summed E-state index contributed by atoms with van der Waals surface area (Å²) in [7, 11) is 0. The summed E-state index contributed by atoms with van der Waals surface area (Å²) < 4.78 is 0. The van der Waals surface area contributed by atoms with Gasteiger partial charge in [0.15, 0.2) is 0 Å². The van der Waals surface area contributed by atoms with E-state index in [0.29, 0.717) is 26.0 Å². The van der Waals surface area contributed by atoms with Crippen LogP contribution in [0, 0.1) is 34.0 Å². The van der Waals surface area contributed by atoms with E-state index in [2.05, 4.69) is 18.2 Å². The van der Waals surface area contributed by atoms with Gasteiger partial charge in [0.05, 0.1) is 18.2 Å². The molecular weight excluding hydrogens is 161 g/mol. The normalized spacial score (nSPS) is 8.08. The second kappa shape index (κ2) is 8.63. The van der Waals surface area contributed by atoms with Crippen LogP contribution in [0.25, 0.3) is 0 Å². The molecule has 0 spiro atoms. The molecule has 0 aliphatic heterocycles. The fourth-order valence-corrected chi connectivity index (χ4v) is 1.24. The minimum absolute atomic E-state index is 0.374. The molecule has 0 unspecified atom stereocenters. The molecule has 13 heavy (non-hydrogen) atoms. The van der Waals surface area contributed by atoms with Gasteiger partial charge in [0.25, 0.3) is 0 Å². The first-order chi connectivity index (χ1) is 6.35. The molecule has 0 amide bonds. The summed E-state index contributed by atoms with van der Waals surface area (Å²) in [4.78, 5) is 0. The SMILES string of the molecule is N#CCCB(CCC#N)CCC#N. The molecule has 0 radical (unpaired) electrons. The van der Waals surface area contributed by atoms with Crippen molar-refractivity contribution in [1.29, 1.82) is 15.8 Å². The van der Waals surface area contributed by atoms with E-state index in [0.717, 1.165) is 19.0 Å². The Balaban J connectivity index is 3.70. The molecule has 0 atom stereocenters. The average Bonchev–Trinajstić information content (AvgIpc) is 2.17. The lowest BCUT2D eigenvalue weighted by Crippen LogP contribution is -2.10. The summed E-state index contributed by atoms with van der Waals surface area (Å²) >= 11 is 0. The number of nitrogens with zero attached hydrogens (tertiary/aromatic N) is 3. The zero-order valence-corrected chi connectivity index (χ0v) is 7.66. The standard InChI is InChI=1S/C9H12BN3/c11-7-1-4-10(5-2-8-12)6-3-9-13/h1-6H2. The van der Waals surface area contributed by atoms with E-state index >= 15 is 0 Å². The first-order valence-corrected chi connectivity index (χ1v) is 4.46. The van der Waals surface area contributed by atoms with E-state index in [-0.39, 0.29) is 0 Å². The quantitative estimate of drug-likeness (QED) is 0.578. The lowest BCUT2D eigenvalue weighted by Gasteiger charge is -2.06. The van der Waals surface area contributed by atoms with Gasteiger partial charge in [-0.15, -0.1) is 0 Å². The van der Waals surface area contributed by atoms with Crippen LogP contribution in [0.1, 0.15) is 19.3 Å². The molecule has 0 rings (SSSR count). The maximum Gasteiger partial charge on any atom is 0.142 e. The third-order valence-electron chi connectivity index (χ3n) is 1.99. The van der Waals surface area contributed by atoms with Crippen molar-refractivity contribution in [3.05, 3.63) is 0 Å². The fraction of sp³-hybridized carbons (Fsp3) is 0.667. The van der Waals surface area contributed by atoms with Gasteiger partial charge in [0.2, 0.25) is 0 Å². The van der Waals surface area contributed by atoms with Crippen molar-refractivity contribution in [1.82, 2.24) is 0 Å². The summed E-state index contributed by atoms with van der Waals surface area (Å²) in [5.74, 6) is 0. The van der Waals surface area contributed by atoms with E-state index in [1.165, 1.54) is 0 Å². The average molecular weight is 173 g/mol. The Bertz CT molecular complexity index is 200. The van der Waals surface area contributed by atoms with Gasteiger partial charge in [-0.1, -0.05) is 19.0 Å². The molecule has 0 aliphatic carbocycles. The maximum atomic E-state index is 8.39. The summed E-state index contributed by atoms with van der Waals surface area (Å²) in [6.07, 6.45) is 4.05. The third-order valence-corrected chi connectivity index (χ3v) is 1.99. The van der Waals surface area contributed by atoms with Gasteiger partial charge in [-0.05, 0) is 0 Å². The Morgan fingerprint density at radius 2 is 1.00 bits per heavy atom. The van der Waals surface area contributed by atoms with Crippen molar-refractivity contribution in [2.75, 3.05) is 0 Å². The number of hydrogen-bond donors (Lipinski definition) is 0. The van der Waals surface area contributed by atoms with E-state index in [1.807, 2.05) is 0 Å². The van der Waals surface area contributed by atoms with E-state index in [4.69, 9.17) is 15.8 Å². The maximum absolute atomic E-state index is 8.39. The van der Waals surface area contributed by atoms with E-state index < -0.39 is 0 Å². The predicted molar refractivity (Wildman–Crippen MR) is 50.9 cm³/mol. The van der Waals surface area contributed by atoms with Crippen LogP contribution in [0.2, 0.25) is 19.0 Å². The second-order valence-electron chi connectivity index (χ2n) is 2.96. The Morgan fingerprint density at radius 3 is 1.23 bits per heavy atom. The highest BCUT2D eigenvalue weighted by molar-refractivity contribution is 6.58. The highest BCUT2D eigenvalue weighted by Crippen LogP contribution is 2.12. The molecule has 66 valence electrons. The van der Waals surface area contributed by atoms with Crippen LogP contribution >= 0.6 is 0 Å². The predicted octanol–water partition coefficient (Wildman–Crippen LogP) is 2.22. The van der Waals surface area contributed by atoms with Crippen LogP contribution in [0.5, 0.6) is 0 Å². The summed E-state index contributed by atoms with van der Waals surface area (Å²) in [5.41, 5.74) is 0. The van der Waals surface area contributed by atoms with Gasteiger partial charge in [0.1, 0.15) is 6.71 Å². The van der Waals surface area contributed by atoms with Crippen molar-refractivity contribution in [2.24, 2.45) is 0 Å². The van der Waals surface area contributed by atoms with Crippen molar-refractivity contribution in [3.8, 4) is 18.2 Å². The van der Waals surface area contributed by atoms with Crippen LogP contribution in [0.15, 0.2) is 0 Å². The molecule has 0 heterocycles. The lowest BCUT2D eigenvalue weighted by molar-refractivity contribution is 1.06. The largest absolute Gasteiger partial charge is 0.198 e. The monoisotopic (exact) mass is 173 g/mol. The van der Waals surface area contributed by atoms with Crippen molar-refractivity contribution in [2.45, 2.75) is 38.2 Å². The fourth-order valence-electron chi connectivity index (χ4n) is 1.24. The topological polar surface area (TPSA) is 71.4 Å². The minimum atomic E-state index is 0.374. The lowest BCUT2D eigenvalue weighted by atomic mass is 9.41. The molecule has 4 heteroatoms. The molecule has 0 aromatic heterocycles. The molecule has 0 N–H and O–H groups in total. The van der Waals surface area contributed by atoms with Gasteiger partial charge >= 0.3 is 0 Å². The zero-order chi connectivity index (χ0) is 9.94. The highest BCUT2D eigenvalue weighted by Gasteiger charge is 2.11. The van der Waals surface area contributed by atoms with Crippen molar-refractivity contribution in [3.63, 3.8) is 0 Å². The summed E-state index contributed by atoms with van der Waals surface area (Å²) in [6, 6.07) is 6.26. The number of rotatable bonds is 6. The van der Waals surface area contributed by atoms with Crippen molar-refractivity contribution >= 4 is 6.71 Å². The molecule has 0 saturated carbocycles. The Morgan fingerprint density at radius 1 is 0.692 bits per heavy atom. The number of hydrogen-bond acceptors (Lipinski definition) is 3. The molecule has 0 aromatic carbocycles. The first kappa shape index (κ1) is 11.5. The Hall–Kier alpha value is -1.47. The van der Waals surface area contributed by atoms with Crippen LogP contribution in [-0.4, -0.2) is 6.71 Å². The summed E-state index contributed by atoms with van der Waals surface area (Å²) in [5, 5.41) is 25.2. The smallest absolute Gasteiger partial charge is 0.142 e. The van der Waals surface area contributed by atoms with Crippen LogP contribution in [0.4, 0.5) is 0 Å². The summed E-state index contributed by atoms with van der Waals surface area (Å²) in [6.45, 7) is 0.374. The van der Waals surface area contributed by atoms with Gasteiger partial charge in [-0.3, -0.25) is 0 Å². The van der Waals surface area contributed by atoms with Crippen LogP contribution < -0.4 is 0 Å². The Kier molecular flexibility index (Phi) is 7.66. The Labute approximate surface area is 79.7 Å². The van der Waals surface area contributed by atoms with Gasteiger partial charge in [0, 0.05) is 19.3 Å². The molecule has 0 fully saturated rings. The second-order valence-corrected chi connectivity index (χ2v) is 2.96. The molecule has 0 saturated heterocycles. The molecule has 3 nitrogen and oxygen atoms in total. The highest BCUT2D eigenvalue weighted by atomic mass is 14.2. The molecule has 0 bridgehead atoms. The van der Waals surface area contributed by atoms with Crippen molar-refractivity contribution < 1.29 is 0 Å².